The van der Waals surface area contributed by atoms with Crippen LogP contribution >= 0.6 is 23.5 Å². The summed E-state index contributed by atoms with van der Waals surface area (Å²) < 4.78 is 3.88. The monoisotopic (exact) mass is 336 g/mol. The van der Waals surface area contributed by atoms with Crippen LogP contribution in [0.15, 0.2) is 22.5 Å². The van der Waals surface area contributed by atoms with Crippen molar-refractivity contribution in [3.63, 3.8) is 0 Å². The highest BCUT2D eigenvalue weighted by Gasteiger charge is 2.28. The average Bonchev–Trinajstić information content (AvgIpc) is 3.46. The Kier molecular flexibility index (Phi) is 4.11. The third-order valence-corrected chi connectivity index (χ3v) is 5.27. The molecule has 0 saturated heterocycles. The number of hydrogen-bond acceptors (Lipinski definition) is 8. The minimum absolute atomic E-state index is 0.526. The second-order valence-corrected chi connectivity index (χ2v) is 7.34. The van der Waals surface area contributed by atoms with Gasteiger partial charge in [-0.1, -0.05) is 35.7 Å². The van der Waals surface area contributed by atoms with E-state index in [2.05, 4.69) is 43.2 Å². The van der Waals surface area contributed by atoms with Crippen molar-refractivity contribution in [3.8, 4) is 0 Å². The largest absolute Gasteiger partial charge is 0.217 e. The summed E-state index contributed by atoms with van der Waals surface area (Å²) in [7, 11) is 0. The molecule has 0 atom stereocenters. The van der Waals surface area contributed by atoms with Gasteiger partial charge in [0.25, 0.3) is 0 Å². The number of nitrogens with zero attached hydrogens (tertiary/aromatic N) is 8. The van der Waals surface area contributed by atoms with E-state index in [0.717, 1.165) is 21.8 Å². The quantitative estimate of drug-likeness (QED) is 0.532. The van der Waals surface area contributed by atoms with Gasteiger partial charge in [-0.2, -0.15) is 0 Å². The van der Waals surface area contributed by atoms with Crippen LogP contribution < -0.4 is 0 Å². The molecule has 2 aliphatic carbocycles. The fourth-order valence-electron chi connectivity index (χ4n) is 2.04. The summed E-state index contributed by atoms with van der Waals surface area (Å²) in [6, 6.07) is 1.05. The Morgan fingerprint density at radius 1 is 0.818 bits per heavy atom. The van der Waals surface area contributed by atoms with Crippen LogP contribution in [0, 0.1) is 0 Å². The lowest BCUT2D eigenvalue weighted by molar-refractivity contribution is 0.565. The highest BCUT2D eigenvalue weighted by molar-refractivity contribution is 7.99. The number of rotatable bonds is 8. The van der Waals surface area contributed by atoms with Crippen molar-refractivity contribution in [2.45, 2.75) is 48.1 Å². The first-order valence-electron chi connectivity index (χ1n) is 7.38. The lowest BCUT2D eigenvalue weighted by Crippen LogP contribution is -1.99. The summed E-state index contributed by atoms with van der Waals surface area (Å²) in [4.78, 5) is 0. The molecule has 0 aromatic carbocycles. The fraction of sp³-hybridized carbons (Fsp3) is 0.667. The summed E-state index contributed by atoms with van der Waals surface area (Å²) in [5, 5.41) is 25.6. The van der Waals surface area contributed by atoms with E-state index < -0.39 is 0 Å². The van der Waals surface area contributed by atoms with E-state index in [1.54, 1.807) is 23.5 Å². The zero-order chi connectivity index (χ0) is 14.8. The lowest BCUT2D eigenvalue weighted by atomic mass is 10.6. The Hall–Kier alpha value is -1.42. The lowest BCUT2D eigenvalue weighted by Gasteiger charge is -2.00. The molecule has 2 heterocycles. The first kappa shape index (κ1) is 14.2. The van der Waals surface area contributed by atoms with Gasteiger partial charge in [0.1, 0.15) is 0 Å². The summed E-state index contributed by atoms with van der Waals surface area (Å²) >= 11 is 3.35. The second kappa shape index (κ2) is 6.37. The van der Waals surface area contributed by atoms with Crippen molar-refractivity contribution in [1.82, 2.24) is 40.4 Å². The zero-order valence-corrected chi connectivity index (χ0v) is 13.6. The molecule has 0 radical (unpaired) electrons. The van der Waals surface area contributed by atoms with E-state index >= 15 is 0 Å². The summed E-state index contributed by atoms with van der Waals surface area (Å²) in [5.74, 6) is 1.75. The topological polar surface area (TPSA) is 87.2 Å². The first-order valence-corrected chi connectivity index (χ1v) is 9.35. The van der Waals surface area contributed by atoms with Crippen LogP contribution in [-0.4, -0.2) is 51.9 Å². The molecule has 2 aromatic heterocycles. The van der Waals surface area contributed by atoms with E-state index in [0.29, 0.717) is 12.1 Å². The average molecular weight is 336 g/mol. The van der Waals surface area contributed by atoms with Crippen LogP contribution in [0.4, 0.5) is 0 Å². The standard InChI is InChI=1S/C12H16N8S2/c1(7-21-11-13-15-17-19(11)9-3-4-9)2-8-22-12-14-16-18-20(12)10-5-6-10/h1-2,9-10H,3-8H2/b2-1-. The van der Waals surface area contributed by atoms with Crippen LogP contribution in [0.3, 0.4) is 0 Å². The maximum atomic E-state index is 4.07. The molecular formula is C12H16N8S2. The first-order chi connectivity index (χ1) is 10.9. The molecule has 10 heteroatoms. The van der Waals surface area contributed by atoms with Gasteiger partial charge in [0.05, 0.1) is 12.1 Å². The molecule has 4 rings (SSSR count). The van der Waals surface area contributed by atoms with Crippen molar-refractivity contribution in [1.29, 1.82) is 0 Å². The maximum Gasteiger partial charge on any atom is 0.209 e. The minimum Gasteiger partial charge on any atom is -0.217 e. The van der Waals surface area contributed by atoms with Crippen molar-refractivity contribution in [2.75, 3.05) is 11.5 Å². The van der Waals surface area contributed by atoms with Crippen molar-refractivity contribution >= 4 is 23.5 Å². The second-order valence-electron chi connectivity index (χ2n) is 5.37. The molecule has 0 unspecified atom stereocenters. The Balaban J connectivity index is 1.21. The molecule has 2 fully saturated rings. The van der Waals surface area contributed by atoms with Crippen LogP contribution in [0.5, 0.6) is 0 Å². The molecule has 0 aliphatic heterocycles. The molecule has 0 amide bonds. The molecule has 2 aromatic rings. The van der Waals surface area contributed by atoms with E-state index in [9.17, 15) is 0 Å². The van der Waals surface area contributed by atoms with Gasteiger partial charge in [0.15, 0.2) is 0 Å². The van der Waals surface area contributed by atoms with E-state index in [1.165, 1.54) is 25.7 Å². The molecule has 0 spiro atoms. The predicted octanol–water partition coefficient (Wildman–Crippen LogP) is 1.77. The Morgan fingerprint density at radius 2 is 1.27 bits per heavy atom. The highest BCUT2D eigenvalue weighted by atomic mass is 32.2. The number of hydrogen-bond donors (Lipinski definition) is 0. The normalized spacial score (nSPS) is 18.4. The third kappa shape index (κ3) is 3.32. The number of thioether (sulfide) groups is 2. The van der Waals surface area contributed by atoms with Crippen molar-refractivity contribution in [2.24, 2.45) is 0 Å². The van der Waals surface area contributed by atoms with Gasteiger partial charge in [-0.3, -0.25) is 0 Å². The van der Waals surface area contributed by atoms with Gasteiger partial charge in [0, 0.05) is 11.5 Å². The molecule has 8 nitrogen and oxygen atoms in total. The van der Waals surface area contributed by atoms with Gasteiger partial charge < -0.3 is 0 Å². The molecule has 0 bridgehead atoms. The minimum atomic E-state index is 0.526. The van der Waals surface area contributed by atoms with Gasteiger partial charge >= 0.3 is 0 Å². The van der Waals surface area contributed by atoms with Gasteiger partial charge in [0.2, 0.25) is 10.3 Å². The number of aromatic nitrogens is 8. The van der Waals surface area contributed by atoms with E-state index in [-0.39, 0.29) is 0 Å². The summed E-state index contributed by atoms with van der Waals surface area (Å²) in [5.41, 5.74) is 0. The van der Waals surface area contributed by atoms with Gasteiger partial charge in [-0.15, -0.1) is 10.2 Å². The molecule has 116 valence electrons. The van der Waals surface area contributed by atoms with Crippen LogP contribution in [-0.2, 0) is 0 Å². The molecule has 2 saturated carbocycles. The Labute approximate surface area is 136 Å². The maximum absolute atomic E-state index is 4.07. The molecule has 22 heavy (non-hydrogen) atoms. The smallest absolute Gasteiger partial charge is 0.209 e. The van der Waals surface area contributed by atoms with E-state index in [4.69, 9.17) is 0 Å². The fourth-order valence-corrected chi connectivity index (χ4v) is 3.63. The van der Waals surface area contributed by atoms with Crippen LogP contribution in [0.1, 0.15) is 37.8 Å². The predicted molar refractivity (Wildman–Crippen MR) is 82.8 cm³/mol. The van der Waals surface area contributed by atoms with Crippen molar-refractivity contribution < 1.29 is 0 Å². The zero-order valence-electron chi connectivity index (χ0n) is 11.9. The Bertz CT molecular complexity index is 601. The van der Waals surface area contributed by atoms with Crippen molar-refractivity contribution in [3.05, 3.63) is 12.2 Å². The van der Waals surface area contributed by atoms with Gasteiger partial charge in [-0.05, 0) is 46.5 Å². The number of tetrazole rings is 2. The van der Waals surface area contributed by atoms with Crippen LogP contribution in [0.25, 0.3) is 0 Å². The molecule has 0 N–H and O–H groups in total. The SMILES string of the molecule is C(=C/CSc1nnnn1C1CC1)/CSc1nnnn1C1CC1. The van der Waals surface area contributed by atoms with E-state index in [1.807, 2.05) is 9.36 Å². The third-order valence-electron chi connectivity index (χ3n) is 3.49. The summed E-state index contributed by atoms with van der Waals surface area (Å²) in [6.07, 6.45) is 9.08. The molecule has 2 aliphatic rings. The molecular weight excluding hydrogens is 320 g/mol. The Morgan fingerprint density at radius 3 is 1.68 bits per heavy atom. The highest BCUT2D eigenvalue weighted by Crippen LogP contribution is 2.37. The van der Waals surface area contributed by atoms with Crippen LogP contribution in [0.2, 0.25) is 0 Å². The van der Waals surface area contributed by atoms with Gasteiger partial charge in [-0.25, -0.2) is 9.36 Å². The summed E-state index contributed by atoms with van der Waals surface area (Å²) in [6.45, 7) is 0.